The van der Waals surface area contributed by atoms with Gasteiger partial charge < -0.3 is 19.8 Å². The summed E-state index contributed by atoms with van der Waals surface area (Å²) in [6.45, 7) is 0.969. The molecule has 1 fully saturated rings. The normalized spacial score (nSPS) is 16.7. The third-order valence-electron chi connectivity index (χ3n) is 6.91. The average Bonchev–Trinajstić information content (AvgIpc) is 3.21. The highest BCUT2D eigenvalue weighted by molar-refractivity contribution is 5.99. The maximum atomic E-state index is 13.5. The van der Waals surface area contributed by atoms with Gasteiger partial charge in [0.2, 0.25) is 5.43 Å². The van der Waals surface area contributed by atoms with Crippen molar-refractivity contribution in [1.82, 2.24) is 19.8 Å². The van der Waals surface area contributed by atoms with Gasteiger partial charge in [0, 0.05) is 48.6 Å². The molecule has 0 saturated heterocycles. The quantitative estimate of drug-likeness (QED) is 0.665. The van der Waals surface area contributed by atoms with Crippen LogP contribution >= 0.6 is 0 Å². The van der Waals surface area contributed by atoms with Crippen molar-refractivity contribution in [3.8, 4) is 0 Å². The van der Waals surface area contributed by atoms with E-state index in [4.69, 9.17) is 0 Å². The SMILES string of the molecule is CNC(=O)c1cn(C2CCCCC2)cc(C(=O)N2CCc3c([nH]c4ccccc34)C2)c1=O. The van der Waals surface area contributed by atoms with Gasteiger partial charge in [0.15, 0.2) is 0 Å². The molecule has 1 aliphatic heterocycles. The largest absolute Gasteiger partial charge is 0.357 e. The molecule has 2 amide bonds. The number of benzene rings is 1. The molecule has 0 radical (unpaired) electrons. The van der Waals surface area contributed by atoms with Crippen LogP contribution in [0.4, 0.5) is 0 Å². The first-order valence-electron chi connectivity index (χ1n) is 11.4. The molecule has 1 aliphatic carbocycles. The van der Waals surface area contributed by atoms with Crippen LogP contribution in [0.2, 0.25) is 0 Å². The Morgan fingerprint density at radius 1 is 1.06 bits per heavy atom. The first-order valence-corrected chi connectivity index (χ1v) is 11.4. The molecule has 5 rings (SSSR count). The molecule has 2 N–H and O–H groups in total. The van der Waals surface area contributed by atoms with Crippen molar-refractivity contribution in [2.24, 2.45) is 0 Å². The van der Waals surface area contributed by atoms with Crippen LogP contribution in [-0.4, -0.2) is 39.9 Å². The van der Waals surface area contributed by atoms with Crippen molar-refractivity contribution in [2.75, 3.05) is 13.6 Å². The second-order valence-corrected chi connectivity index (χ2v) is 8.84. The Balaban J connectivity index is 1.51. The van der Waals surface area contributed by atoms with Crippen LogP contribution < -0.4 is 10.7 Å². The number of hydrogen-bond acceptors (Lipinski definition) is 3. The summed E-state index contributed by atoms with van der Waals surface area (Å²) >= 11 is 0. The lowest BCUT2D eigenvalue weighted by Crippen LogP contribution is -2.40. The van der Waals surface area contributed by atoms with Gasteiger partial charge in [-0.1, -0.05) is 37.5 Å². The number of fused-ring (bicyclic) bond motifs is 3. The Morgan fingerprint density at radius 2 is 1.81 bits per heavy atom. The second-order valence-electron chi connectivity index (χ2n) is 8.84. The number of H-pyrrole nitrogens is 1. The molecular weight excluding hydrogens is 404 g/mol. The third-order valence-corrected chi connectivity index (χ3v) is 6.91. The molecular formula is C25H28N4O3. The molecule has 1 aromatic carbocycles. The van der Waals surface area contributed by atoms with Gasteiger partial charge in [-0.05, 0) is 30.9 Å². The molecule has 166 valence electrons. The van der Waals surface area contributed by atoms with Crippen LogP contribution in [0.15, 0.2) is 41.5 Å². The minimum atomic E-state index is -0.496. The number of para-hydroxylation sites is 1. The number of rotatable bonds is 3. The van der Waals surface area contributed by atoms with E-state index in [1.807, 2.05) is 22.8 Å². The molecule has 2 aliphatic rings. The van der Waals surface area contributed by atoms with E-state index in [0.717, 1.165) is 43.3 Å². The first kappa shape index (κ1) is 20.5. The molecule has 7 heteroatoms. The summed E-state index contributed by atoms with van der Waals surface area (Å²) in [6.07, 6.45) is 9.45. The second kappa shape index (κ2) is 8.30. The molecule has 32 heavy (non-hydrogen) atoms. The number of carbonyl (C=O) groups is 2. The topological polar surface area (TPSA) is 87.2 Å². The lowest BCUT2D eigenvalue weighted by Gasteiger charge is -2.29. The van der Waals surface area contributed by atoms with Crippen LogP contribution in [0.1, 0.15) is 70.1 Å². The lowest BCUT2D eigenvalue weighted by atomic mass is 9.95. The van der Waals surface area contributed by atoms with Crippen LogP contribution in [0.5, 0.6) is 0 Å². The Kier molecular flexibility index (Phi) is 5.33. The van der Waals surface area contributed by atoms with Gasteiger partial charge in [0.25, 0.3) is 11.8 Å². The monoisotopic (exact) mass is 432 g/mol. The standard InChI is InChI=1S/C25H28N4O3/c1-26-24(31)19-13-29(16-7-3-2-4-8-16)14-20(23(19)30)25(32)28-12-11-18-17-9-5-6-10-21(17)27-22(18)15-28/h5-6,9-10,13-14,16,27H,2-4,7-8,11-12,15H2,1H3,(H,26,31). The molecule has 2 aromatic heterocycles. The summed E-state index contributed by atoms with van der Waals surface area (Å²) in [6, 6.07) is 8.35. The van der Waals surface area contributed by atoms with E-state index < -0.39 is 11.3 Å². The zero-order valence-corrected chi connectivity index (χ0v) is 18.3. The molecule has 0 spiro atoms. The van der Waals surface area contributed by atoms with Crippen LogP contribution in [-0.2, 0) is 13.0 Å². The third kappa shape index (κ3) is 3.51. The van der Waals surface area contributed by atoms with Crippen molar-refractivity contribution in [2.45, 2.75) is 51.1 Å². The maximum Gasteiger partial charge on any atom is 0.259 e. The number of amides is 2. The summed E-state index contributed by atoms with van der Waals surface area (Å²) in [5.74, 6) is -0.764. The van der Waals surface area contributed by atoms with Gasteiger partial charge in [-0.3, -0.25) is 14.4 Å². The molecule has 3 aromatic rings. The summed E-state index contributed by atoms with van der Waals surface area (Å²) in [5.41, 5.74) is 2.93. The van der Waals surface area contributed by atoms with E-state index >= 15 is 0 Å². The van der Waals surface area contributed by atoms with Crippen molar-refractivity contribution >= 4 is 22.7 Å². The fourth-order valence-electron chi connectivity index (χ4n) is 5.17. The van der Waals surface area contributed by atoms with Gasteiger partial charge in [-0.15, -0.1) is 0 Å². The molecule has 0 unspecified atom stereocenters. The summed E-state index contributed by atoms with van der Waals surface area (Å²) in [5, 5.41) is 3.73. The minimum Gasteiger partial charge on any atom is -0.357 e. The van der Waals surface area contributed by atoms with E-state index in [1.54, 1.807) is 17.3 Å². The van der Waals surface area contributed by atoms with E-state index in [2.05, 4.69) is 16.4 Å². The fourth-order valence-corrected chi connectivity index (χ4v) is 5.17. The zero-order valence-electron chi connectivity index (χ0n) is 18.3. The van der Waals surface area contributed by atoms with Crippen molar-refractivity contribution in [3.05, 3.63) is 69.3 Å². The highest BCUT2D eigenvalue weighted by Crippen LogP contribution is 2.30. The Hall–Kier alpha value is -3.35. The zero-order chi connectivity index (χ0) is 22.2. The Morgan fingerprint density at radius 3 is 2.59 bits per heavy atom. The van der Waals surface area contributed by atoms with Gasteiger partial charge in [-0.25, -0.2) is 0 Å². The number of carbonyl (C=O) groups excluding carboxylic acids is 2. The van der Waals surface area contributed by atoms with Crippen LogP contribution in [0.3, 0.4) is 0 Å². The van der Waals surface area contributed by atoms with E-state index in [-0.39, 0.29) is 23.1 Å². The average molecular weight is 433 g/mol. The Labute approximate surface area is 186 Å². The number of hydrogen-bond donors (Lipinski definition) is 2. The first-order chi connectivity index (χ1) is 15.6. The molecule has 0 bridgehead atoms. The number of aromatic amines is 1. The summed E-state index contributed by atoms with van der Waals surface area (Å²) in [4.78, 5) is 44.2. The van der Waals surface area contributed by atoms with Gasteiger partial charge in [0.05, 0.1) is 6.54 Å². The van der Waals surface area contributed by atoms with Crippen molar-refractivity contribution in [1.29, 1.82) is 0 Å². The minimum absolute atomic E-state index is 0.0345. The highest BCUT2D eigenvalue weighted by atomic mass is 16.2. The van der Waals surface area contributed by atoms with Gasteiger partial charge >= 0.3 is 0 Å². The molecule has 0 atom stereocenters. The smallest absolute Gasteiger partial charge is 0.259 e. The van der Waals surface area contributed by atoms with E-state index in [0.29, 0.717) is 13.1 Å². The number of aromatic nitrogens is 2. The predicted molar refractivity (Wildman–Crippen MR) is 123 cm³/mol. The van der Waals surface area contributed by atoms with Crippen molar-refractivity contribution < 1.29 is 9.59 Å². The fraction of sp³-hybridized carbons (Fsp3) is 0.400. The number of nitrogens with zero attached hydrogens (tertiary/aromatic N) is 2. The lowest BCUT2D eigenvalue weighted by molar-refractivity contribution is 0.0730. The van der Waals surface area contributed by atoms with E-state index in [9.17, 15) is 14.4 Å². The van der Waals surface area contributed by atoms with E-state index in [1.165, 1.54) is 24.4 Å². The van der Waals surface area contributed by atoms with Crippen LogP contribution in [0, 0.1) is 0 Å². The van der Waals surface area contributed by atoms with Crippen molar-refractivity contribution in [3.63, 3.8) is 0 Å². The maximum absolute atomic E-state index is 13.5. The summed E-state index contributed by atoms with van der Waals surface area (Å²) in [7, 11) is 1.50. The Bertz CT molecular complexity index is 1250. The number of nitrogens with one attached hydrogen (secondary N) is 2. The predicted octanol–water partition coefficient (Wildman–Crippen LogP) is 3.39. The molecule has 3 heterocycles. The molecule has 1 saturated carbocycles. The van der Waals surface area contributed by atoms with Gasteiger partial charge in [-0.2, -0.15) is 0 Å². The molecule has 7 nitrogen and oxygen atoms in total. The van der Waals surface area contributed by atoms with Gasteiger partial charge in [0.1, 0.15) is 11.1 Å². The number of pyridine rings is 1. The summed E-state index contributed by atoms with van der Waals surface area (Å²) < 4.78 is 1.93. The van der Waals surface area contributed by atoms with Crippen LogP contribution in [0.25, 0.3) is 10.9 Å². The highest BCUT2D eigenvalue weighted by Gasteiger charge is 2.28.